The summed E-state index contributed by atoms with van der Waals surface area (Å²) in [5.41, 5.74) is 7.23. The molecule has 0 heterocycles. The summed E-state index contributed by atoms with van der Waals surface area (Å²) in [6, 6.07) is 30.2. The first-order chi connectivity index (χ1) is 70.2. The standard InChI is InChI=1S/C24H28B3F3O7S.C24H18B3F3O7S.C24H29B3F2O7S.C24H19B3F2O7S/c2*25-9-13-5-18(10-26)21(19(6-13)11-27)37-23(32)17-4-2-14-7-16(3-1-15(14)8-17)22(31)36-20(24(28,29)30)12-38(33,34)35;2*1-13(24(28,29)37(32,33)34)35-22(30)19-6-2-5-18-17(19)4-3-7-20(18)23(31)36-21-15(11-26)8-14(10-25)9-16(21)12-27/h5-6,14-17,20H,1-4,7-12H2,(H,33,34,35);1-8,20H,9-12H2,(H,33,34,35);8-9,13,17-20H,2-7,10-12H2,1H3,(H,32,33,34);2-9,13H,10-12H2,1H3,(H,32,33,34)/p-4. The van der Waals surface area contributed by atoms with Crippen LogP contribution in [0.25, 0.3) is 21.5 Å². The molecule has 8 aromatic carbocycles. The highest BCUT2D eigenvalue weighted by molar-refractivity contribution is 7.87. The van der Waals surface area contributed by atoms with Gasteiger partial charge in [-0.2, -0.15) is 43.9 Å². The maximum Gasteiger partial charge on any atom is 0.426 e. The van der Waals surface area contributed by atoms with Crippen LogP contribution in [-0.4, -0.2) is 253 Å². The van der Waals surface area contributed by atoms with Gasteiger partial charge in [-0.15, -0.1) is 0 Å². The molecule has 24 radical (unpaired) electrons. The fourth-order valence-electron chi connectivity index (χ4n) is 18.5. The van der Waals surface area contributed by atoms with Gasteiger partial charge in [-0.3, -0.25) is 19.2 Å². The molecule has 0 bridgehead atoms. The third kappa shape index (κ3) is 31.6. The van der Waals surface area contributed by atoms with Gasteiger partial charge in [-0.1, -0.05) is 196 Å². The lowest BCUT2D eigenvalue weighted by molar-refractivity contribution is -0.218. The first-order valence-corrected chi connectivity index (χ1v) is 52.6. The zero-order chi connectivity index (χ0) is 112. The van der Waals surface area contributed by atoms with Crippen LogP contribution in [0.4, 0.5) is 43.9 Å². The van der Waals surface area contributed by atoms with Gasteiger partial charge in [-0.05, 0) is 204 Å². The highest BCUT2D eigenvalue weighted by Gasteiger charge is 2.53. The van der Waals surface area contributed by atoms with Gasteiger partial charge >= 0.3 is 70.6 Å². The molecule has 0 N–H and O–H groups in total. The van der Waals surface area contributed by atoms with Gasteiger partial charge in [0.05, 0.1) is 172 Å². The van der Waals surface area contributed by atoms with Crippen LogP contribution in [0.1, 0.15) is 199 Å². The molecule has 28 nitrogen and oxygen atoms in total. The fraction of sp³-hybridized carbons (Fsp3) is 0.458. The Morgan fingerprint density at radius 2 is 0.647 bits per heavy atom. The number of halogens is 10. The Morgan fingerprint density at radius 1 is 0.333 bits per heavy atom. The van der Waals surface area contributed by atoms with Gasteiger partial charge in [0.2, 0.25) is 12.2 Å². The molecule has 0 aliphatic heterocycles. The third-order valence-electron chi connectivity index (χ3n) is 26.1. The summed E-state index contributed by atoms with van der Waals surface area (Å²) in [7, 11) is 46.8. The smallest absolute Gasteiger partial charge is 0.426 e. The van der Waals surface area contributed by atoms with Crippen LogP contribution < -0.4 is 18.9 Å². The van der Waals surface area contributed by atoms with Crippen molar-refractivity contribution < 1.29 is 172 Å². The van der Waals surface area contributed by atoms with E-state index in [1.54, 1.807) is 48.5 Å². The van der Waals surface area contributed by atoms with E-state index in [0.29, 0.717) is 145 Å². The van der Waals surface area contributed by atoms with Gasteiger partial charge < -0.3 is 56.1 Å². The van der Waals surface area contributed by atoms with Crippen LogP contribution in [-0.2, 0) is 154 Å². The minimum Gasteiger partial charge on any atom is -0.748 e. The number of ether oxygens (including phenoxy) is 8. The Hall–Kier alpha value is -10.2. The largest absolute Gasteiger partial charge is 0.748 e. The molecule has 4 fully saturated rings. The number of rotatable bonds is 36. The van der Waals surface area contributed by atoms with Crippen molar-refractivity contribution in [3.63, 3.8) is 0 Å². The summed E-state index contributed by atoms with van der Waals surface area (Å²) in [6.07, 6.45) is -14.1. The molecule has 4 aliphatic rings. The van der Waals surface area contributed by atoms with Crippen LogP contribution in [0.2, 0.25) is 0 Å². The average molecular weight is 2140 g/mol. The van der Waals surface area contributed by atoms with Crippen molar-refractivity contribution in [2.24, 2.45) is 47.3 Å². The van der Waals surface area contributed by atoms with E-state index in [4.69, 9.17) is 118 Å². The number of benzene rings is 8. The molecule has 4 aliphatic carbocycles. The molecule has 12 atom stereocenters. The van der Waals surface area contributed by atoms with Crippen molar-refractivity contribution in [3.8, 4) is 23.0 Å². The van der Waals surface area contributed by atoms with Crippen LogP contribution in [0, 0.1) is 47.3 Å². The second-order valence-electron chi connectivity index (χ2n) is 36.0. The normalized spacial score (nSPS) is 18.8. The number of hydrogen-bond donors (Lipinski definition) is 0. The van der Waals surface area contributed by atoms with E-state index < -0.39 is 171 Å². The zero-order valence-corrected chi connectivity index (χ0v) is 83.9. The fourth-order valence-corrected chi connectivity index (χ4v) is 20.6. The number of fused-ring (bicyclic) bond motifs is 4. The van der Waals surface area contributed by atoms with Crippen LogP contribution in [0.5, 0.6) is 23.0 Å². The first kappa shape index (κ1) is 123. The van der Waals surface area contributed by atoms with E-state index in [9.17, 15) is 134 Å². The minimum atomic E-state index is -6.08. The molecular formula is C96H90B12F10O28S4-4. The van der Waals surface area contributed by atoms with E-state index >= 15 is 0 Å². The molecule has 776 valence electrons. The number of esters is 8. The predicted molar refractivity (Wildman–Crippen MR) is 532 cm³/mol. The Labute approximate surface area is 876 Å². The number of carbonyl (C=O) groups excluding carboxylic acids is 8. The lowest BCUT2D eigenvalue weighted by atomic mass is 9.61. The molecule has 12 unspecified atom stereocenters. The van der Waals surface area contributed by atoms with Gasteiger partial charge in [0.15, 0.2) is 32.4 Å². The van der Waals surface area contributed by atoms with Gasteiger partial charge in [0, 0.05) is 0 Å². The summed E-state index contributed by atoms with van der Waals surface area (Å²) >= 11 is 0. The van der Waals surface area contributed by atoms with E-state index in [0.717, 1.165) is 28.3 Å². The van der Waals surface area contributed by atoms with Crippen molar-refractivity contribution in [1.29, 1.82) is 0 Å². The van der Waals surface area contributed by atoms with E-state index in [2.05, 4.69) is 14.2 Å². The predicted octanol–water partition coefficient (Wildman–Crippen LogP) is 10.4. The van der Waals surface area contributed by atoms with Crippen molar-refractivity contribution in [2.45, 2.75) is 214 Å². The number of hydrogen-bond acceptors (Lipinski definition) is 28. The molecule has 8 aromatic rings. The van der Waals surface area contributed by atoms with Crippen molar-refractivity contribution in [3.05, 3.63) is 210 Å². The van der Waals surface area contributed by atoms with Crippen LogP contribution >= 0.6 is 0 Å². The number of carbonyl (C=O) groups is 8. The first-order valence-electron chi connectivity index (χ1n) is 46.6. The SMILES string of the molecule is [B]Cc1cc(C[B])c(OC(=O)C2CCC3CC(C(=O)OC(CS(=O)(=O)[O-])C(F)(F)F)CCC3C2)c(C[B])c1.[B]Cc1cc(C[B])c(OC(=O)C2CCCC3C(C(=O)OC(C)C(F)(F)S(=O)(=O)[O-])CCCC23)c(C[B])c1.[B]Cc1cc(C[B])c(OC(=O)c2ccc3cc(C(=O)OC(CS(=O)(=O)[O-])C(F)(F)F)ccc3c2)c(C[B])c1.[B]Cc1cc(C[B])c(OC(=O)c2cccc3c(C(=O)OC(C)C(F)(F)S(=O)(=O)[O-])cccc23)c(C[B])c1. The van der Waals surface area contributed by atoms with E-state index in [-0.39, 0.29) is 157 Å². The maximum absolute atomic E-state index is 13.9. The van der Waals surface area contributed by atoms with Gasteiger partial charge in [0.1, 0.15) is 23.0 Å². The maximum atomic E-state index is 13.9. The second-order valence-corrected chi connectivity index (χ2v) is 41.8. The summed E-state index contributed by atoms with van der Waals surface area (Å²) in [5, 5.41) is -8.45. The highest BCUT2D eigenvalue weighted by atomic mass is 32.2. The van der Waals surface area contributed by atoms with Gasteiger partial charge in [-0.25, -0.2) is 52.8 Å². The minimum absolute atomic E-state index is 0.0130. The molecule has 4 saturated carbocycles. The molecule has 0 aromatic heterocycles. The van der Waals surface area contributed by atoms with Crippen molar-refractivity contribution in [1.82, 2.24) is 0 Å². The molecular weight excluding hydrogens is 2050 g/mol. The lowest BCUT2D eigenvalue weighted by Gasteiger charge is -2.44. The monoisotopic (exact) mass is 2140 g/mol. The summed E-state index contributed by atoms with van der Waals surface area (Å²) in [5.74, 6) is -13.3. The van der Waals surface area contributed by atoms with Crippen LogP contribution in [0.15, 0.2) is 121 Å². The molecule has 54 heteroatoms. The van der Waals surface area contributed by atoms with E-state index in [1.165, 1.54) is 66.7 Å². The third-order valence-corrected chi connectivity index (χ3v) is 29.5. The molecule has 150 heavy (non-hydrogen) atoms. The summed E-state index contributed by atoms with van der Waals surface area (Å²) in [4.78, 5) is 103. The average Bonchev–Trinajstić information content (AvgIpc) is 0.771. The summed E-state index contributed by atoms with van der Waals surface area (Å²) < 4.78 is 305. The molecule has 12 rings (SSSR count). The Kier molecular flexibility index (Phi) is 43.2. The second kappa shape index (κ2) is 52.6. The number of alkyl halides is 10. The van der Waals surface area contributed by atoms with Crippen molar-refractivity contribution >= 4 is 204 Å². The van der Waals surface area contributed by atoms with Crippen LogP contribution in [0.3, 0.4) is 0 Å². The zero-order valence-electron chi connectivity index (χ0n) is 80.6. The topological polar surface area (TPSA) is 439 Å². The molecule has 0 amide bonds. The Balaban J connectivity index is 0.000000222. The lowest BCUT2D eigenvalue weighted by Crippen LogP contribution is -2.47. The molecule has 0 saturated heterocycles. The van der Waals surface area contributed by atoms with Gasteiger partial charge in [0.25, 0.3) is 0 Å². The van der Waals surface area contributed by atoms with E-state index in [1.807, 2.05) is 0 Å². The quantitative estimate of drug-likeness (QED) is 0.00879. The van der Waals surface area contributed by atoms with Crippen molar-refractivity contribution in [2.75, 3.05) is 11.5 Å². The highest BCUT2D eigenvalue weighted by Crippen LogP contribution is 2.50. The Bertz CT molecular complexity index is 6660. The Morgan fingerprint density at radius 3 is 0.987 bits per heavy atom. The summed E-state index contributed by atoms with van der Waals surface area (Å²) in [6.45, 7) is 1.26. The molecule has 0 spiro atoms.